The molecule has 1 aliphatic carbocycles. The zero-order valence-electron chi connectivity index (χ0n) is 14.2. The molecule has 0 fully saturated rings. The van der Waals surface area contributed by atoms with Crippen molar-refractivity contribution in [1.82, 2.24) is 10.3 Å². The second-order valence-electron chi connectivity index (χ2n) is 6.39. The van der Waals surface area contributed by atoms with Gasteiger partial charge in [0.1, 0.15) is 10.6 Å². The maximum atomic E-state index is 5.87. The zero-order valence-corrected chi connectivity index (χ0v) is 15.0. The highest BCUT2D eigenvalue weighted by Gasteiger charge is 2.35. The number of thiazole rings is 1. The van der Waals surface area contributed by atoms with Crippen molar-refractivity contribution in [3.05, 3.63) is 15.6 Å². The van der Waals surface area contributed by atoms with Gasteiger partial charge < -0.3 is 10.1 Å². The fraction of sp³-hybridized carbons (Fsp3) is 0.824. The molecule has 0 aromatic carbocycles. The maximum absolute atomic E-state index is 5.87. The van der Waals surface area contributed by atoms with E-state index < -0.39 is 0 Å². The largest absolute Gasteiger partial charge is 0.371 e. The third kappa shape index (κ3) is 3.49. The minimum Gasteiger partial charge on any atom is -0.371 e. The van der Waals surface area contributed by atoms with Gasteiger partial charge in [-0.05, 0) is 32.1 Å². The molecule has 2 rings (SSSR count). The second kappa shape index (κ2) is 7.21. The third-order valence-corrected chi connectivity index (χ3v) is 6.08. The van der Waals surface area contributed by atoms with Crippen LogP contribution in [0.1, 0.15) is 74.9 Å². The van der Waals surface area contributed by atoms with E-state index in [4.69, 9.17) is 9.72 Å². The van der Waals surface area contributed by atoms with Gasteiger partial charge in [-0.15, -0.1) is 11.3 Å². The van der Waals surface area contributed by atoms with Gasteiger partial charge in [0, 0.05) is 30.5 Å². The molecule has 21 heavy (non-hydrogen) atoms. The number of fused-ring (bicyclic) bond motifs is 1. The summed E-state index contributed by atoms with van der Waals surface area (Å²) in [5.41, 5.74) is 1.16. The fourth-order valence-corrected chi connectivity index (χ4v) is 4.71. The van der Waals surface area contributed by atoms with E-state index in [2.05, 4.69) is 33.0 Å². The molecule has 3 nitrogen and oxygen atoms in total. The van der Waals surface area contributed by atoms with Gasteiger partial charge in [-0.3, -0.25) is 0 Å². The summed E-state index contributed by atoms with van der Waals surface area (Å²) in [6, 6.07) is 0.540. The highest BCUT2D eigenvalue weighted by atomic mass is 32.1. The molecular weight excluding hydrogens is 280 g/mol. The predicted molar refractivity (Wildman–Crippen MR) is 90.2 cm³/mol. The van der Waals surface area contributed by atoms with Gasteiger partial charge in [-0.1, -0.05) is 27.7 Å². The minimum absolute atomic E-state index is 0.183. The summed E-state index contributed by atoms with van der Waals surface area (Å²) in [6.45, 7) is 9.86. The third-order valence-electron chi connectivity index (χ3n) is 4.77. The van der Waals surface area contributed by atoms with Crippen molar-refractivity contribution < 1.29 is 4.74 Å². The molecule has 1 aromatic rings. The minimum atomic E-state index is -0.183. The molecule has 1 aliphatic rings. The second-order valence-corrected chi connectivity index (χ2v) is 7.47. The molecular formula is C17H30N2OS. The van der Waals surface area contributed by atoms with Crippen molar-refractivity contribution >= 4 is 11.3 Å². The van der Waals surface area contributed by atoms with E-state index in [1.807, 2.05) is 18.4 Å². The Bertz CT molecular complexity index is 443. The van der Waals surface area contributed by atoms with Crippen molar-refractivity contribution in [1.29, 1.82) is 0 Å². The number of hydrogen-bond acceptors (Lipinski definition) is 4. The lowest BCUT2D eigenvalue weighted by Crippen LogP contribution is -2.30. The Hall–Kier alpha value is -0.450. The lowest BCUT2D eigenvalue weighted by atomic mass is 9.90. The average Bonchev–Trinajstić information content (AvgIpc) is 2.92. The molecule has 1 atom stereocenters. The van der Waals surface area contributed by atoms with Crippen LogP contribution in [0.4, 0.5) is 0 Å². The summed E-state index contributed by atoms with van der Waals surface area (Å²) >= 11 is 1.89. The fourth-order valence-electron chi connectivity index (χ4n) is 3.21. The van der Waals surface area contributed by atoms with Crippen LogP contribution < -0.4 is 5.32 Å². The molecule has 1 unspecified atom stereocenters. The lowest BCUT2D eigenvalue weighted by Gasteiger charge is -2.27. The lowest BCUT2D eigenvalue weighted by molar-refractivity contribution is -0.0220. The number of nitrogens with zero attached hydrogens (tertiary/aromatic N) is 1. The first kappa shape index (κ1) is 16.9. The molecule has 4 heteroatoms. The molecule has 1 aromatic heterocycles. The summed E-state index contributed by atoms with van der Waals surface area (Å²) in [5, 5.41) is 4.77. The van der Waals surface area contributed by atoms with Crippen LogP contribution in [-0.4, -0.2) is 24.7 Å². The van der Waals surface area contributed by atoms with Crippen LogP contribution in [-0.2, 0) is 16.8 Å². The zero-order chi connectivity index (χ0) is 15.5. The van der Waals surface area contributed by atoms with Crippen molar-refractivity contribution in [3.8, 4) is 0 Å². The van der Waals surface area contributed by atoms with Crippen LogP contribution >= 0.6 is 11.3 Å². The van der Waals surface area contributed by atoms with Crippen molar-refractivity contribution in [2.24, 2.45) is 0 Å². The summed E-state index contributed by atoms with van der Waals surface area (Å²) in [6.07, 6.45) is 5.71. The number of hydrogen-bond donors (Lipinski definition) is 1. The summed E-state index contributed by atoms with van der Waals surface area (Å²) in [5.74, 6) is 0.574. The normalized spacial score (nSPS) is 19.0. The molecule has 120 valence electrons. The van der Waals surface area contributed by atoms with Gasteiger partial charge in [0.05, 0.1) is 5.69 Å². The number of nitrogens with one attached hydrogen (secondary N) is 1. The van der Waals surface area contributed by atoms with E-state index >= 15 is 0 Å². The quantitative estimate of drug-likeness (QED) is 0.818. The van der Waals surface area contributed by atoms with Gasteiger partial charge in [-0.25, -0.2) is 4.98 Å². The standard InChI is InChI=1S/C17H30N2OS/c1-6-17(7-2,20-5)16-19-15-13(11-18-12(3)4)9-8-10-14(15)21-16/h12-13,18H,6-11H2,1-5H3. The Balaban J connectivity index is 2.26. The van der Waals surface area contributed by atoms with Gasteiger partial charge >= 0.3 is 0 Å². The molecule has 0 spiro atoms. The Morgan fingerprint density at radius 1 is 1.38 bits per heavy atom. The highest BCUT2D eigenvalue weighted by Crippen LogP contribution is 2.41. The number of aromatic nitrogens is 1. The molecule has 0 bridgehead atoms. The molecule has 1 N–H and O–H groups in total. The molecule has 0 saturated carbocycles. The van der Waals surface area contributed by atoms with E-state index in [9.17, 15) is 0 Å². The topological polar surface area (TPSA) is 34.1 Å². The SMILES string of the molecule is CCC(CC)(OC)c1nc2c(s1)CCCC2CNC(C)C. The van der Waals surface area contributed by atoms with Gasteiger partial charge in [0.2, 0.25) is 0 Å². The molecule has 1 heterocycles. The summed E-state index contributed by atoms with van der Waals surface area (Å²) in [4.78, 5) is 6.54. The van der Waals surface area contributed by atoms with Crippen LogP contribution in [0, 0.1) is 0 Å². The average molecular weight is 311 g/mol. The molecule has 0 radical (unpaired) electrons. The monoisotopic (exact) mass is 310 g/mol. The van der Waals surface area contributed by atoms with E-state index in [-0.39, 0.29) is 5.60 Å². The van der Waals surface area contributed by atoms with Crippen LogP contribution in [0.5, 0.6) is 0 Å². The van der Waals surface area contributed by atoms with Crippen molar-refractivity contribution in [2.45, 2.75) is 77.4 Å². The Kier molecular flexibility index (Phi) is 5.81. The highest BCUT2D eigenvalue weighted by molar-refractivity contribution is 7.11. The van der Waals surface area contributed by atoms with Gasteiger partial charge in [-0.2, -0.15) is 0 Å². The van der Waals surface area contributed by atoms with E-state index in [1.54, 1.807) is 0 Å². The van der Waals surface area contributed by atoms with Crippen LogP contribution in [0.3, 0.4) is 0 Å². The van der Waals surface area contributed by atoms with E-state index in [0.717, 1.165) is 19.4 Å². The van der Waals surface area contributed by atoms with Crippen LogP contribution in [0.25, 0.3) is 0 Å². The van der Waals surface area contributed by atoms with Crippen LogP contribution in [0.2, 0.25) is 0 Å². The van der Waals surface area contributed by atoms with E-state index in [0.29, 0.717) is 12.0 Å². The Morgan fingerprint density at radius 3 is 2.67 bits per heavy atom. The first-order chi connectivity index (χ1) is 10.1. The summed E-state index contributed by atoms with van der Waals surface area (Å²) < 4.78 is 5.87. The number of rotatable bonds is 7. The molecule has 0 amide bonds. The Labute approximate surface area is 133 Å². The number of aryl methyl sites for hydroxylation is 1. The van der Waals surface area contributed by atoms with Crippen molar-refractivity contribution in [2.75, 3.05) is 13.7 Å². The smallest absolute Gasteiger partial charge is 0.125 e. The number of ether oxygens (including phenoxy) is 1. The maximum Gasteiger partial charge on any atom is 0.125 e. The Morgan fingerprint density at radius 2 is 2.10 bits per heavy atom. The first-order valence-electron chi connectivity index (χ1n) is 8.34. The number of methoxy groups -OCH3 is 1. The van der Waals surface area contributed by atoms with Crippen molar-refractivity contribution in [3.63, 3.8) is 0 Å². The summed E-state index contributed by atoms with van der Waals surface area (Å²) in [7, 11) is 1.82. The van der Waals surface area contributed by atoms with Gasteiger partial charge in [0.25, 0.3) is 0 Å². The predicted octanol–water partition coefficient (Wildman–Crippen LogP) is 4.22. The first-order valence-corrected chi connectivity index (χ1v) is 9.16. The molecule has 0 saturated heterocycles. The molecule has 0 aliphatic heterocycles. The van der Waals surface area contributed by atoms with Crippen LogP contribution in [0.15, 0.2) is 0 Å². The van der Waals surface area contributed by atoms with Gasteiger partial charge in [0.15, 0.2) is 0 Å². The van der Waals surface area contributed by atoms with E-state index in [1.165, 1.54) is 34.8 Å².